The van der Waals surface area contributed by atoms with Crippen molar-refractivity contribution in [2.75, 3.05) is 44.7 Å². The van der Waals surface area contributed by atoms with E-state index in [1.807, 2.05) is 32.2 Å². The highest BCUT2D eigenvalue weighted by molar-refractivity contribution is 5.80. The van der Waals surface area contributed by atoms with Crippen LogP contribution in [0.5, 0.6) is 5.75 Å². The van der Waals surface area contributed by atoms with Crippen molar-refractivity contribution in [3.05, 3.63) is 41.7 Å². The minimum Gasteiger partial charge on any atom is -0.506 e. The van der Waals surface area contributed by atoms with Crippen LogP contribution in [0.1, 0.15) is 17.8 Å². The number of phenols is 1. The second-order valence-corrected chi connectivity index (χ2v) is 6.94. The van der Waals surface area contributed by atoms with Crippen LogP contribution in [0.4, 0.5) is 5.69 Å². The van der Waals surface area contributed by atoms with E-state index in [1.165, 1.54) is 5.69 Å². The van der Waals surface area contributed by atoms with Crippen molar-refractivity contribution in [2.45, 2.75) is 26.8 Å². The Morgan fingerprint density at radius 3 is 2.56 bits per heavy atom. The van der Waals surface area contributed by atoms with Crippen LogP contribution in [-0.2, 0) is 6.54 Å². The van der Waals surface area contributed by atoms with Crippen LogP contribution >= 0.6 is 0 Å². The van der Waals surface area contributed by atoms with Gasteiger partial charge in [0.15, 0.2) is 5.96 Å². The van der Waals surface area contributed by atoms with Crippen molar-refractivity contribution in [3.8, 4) is 5.75 Å². The Balaban J connectivity index is 1.45. The zero-order chi connectivity index (χ0) is 19.2. The summed E-state index contributed by atoms with van der Waals surface area (Å²) < 4.78 is 2.06. The normalized spacial score (nSPS) is 15.3. The van der Waals surface area contributed by atoms with Crippen LogP contribution in [0.25, 0.3) is 0 Å². The molecule has 0 unspecified atom stereocenters. The topological polar surface area (TPSA) is 68.9 Å². The molecule has 0 bridgehead atoms. The molecular formula is C20H30N6O. The van der Waals surface area contributed by atoms with Gasteiger partial charge in [-0.25, -0.2) is 0 Å². The quantitative estimate of drug-likeness (QED) is 0.479. The van der Waals surface area contributed by atoms with E-state index in [2.05, 4.69) is 42.9 Å². The molecule has 2 heterocycles. The van der Waals surface area contributed by atoms with E-state index in [-0.39, 0.29) is 0 Å². The van der Waals surface area contributed by atoms with Crippen molar-refractivity contribution >= 4 is 11.6 Å². The van der Waals surface area contributed by atoms with Gasteiger partial charge in [0.2, 0.25) is 0 Å². The van der Waals surface area contributed by atoms with Crippen LogP contribution in [0.2, 0.25) is 0 Å². The molecule has 1 fully saturated rings. The Hall–Kier alpha value is -2.70. The summed E-state index contributed by atoms with van der Waals surface area (Å²) >= 11 is 0. The summed E-state index contributed by atoms with van der Waals surface area (Å²) in [5.74, 6) is 1.29. The number of aromatic hydroxyl groups is 1. The molecule has 0 aliphatic carbocycles. The van der Waals surface area contributed by atoms with Gasteiger partial charge >= 0.3 is 0 Å². The Morgan fingerprint density at radius 1 is 1.19 bits per heavy atom. The molecule has 0 atom stereocenters. The van der Waals surface area contributed by atoms with Gasteiger partial charge in [-0.3, -0.25) is 9.67 Å². The first-order valence-electron chi connectivity index (χ1n) is 9.58. The maximum Gasteiger partial charge on any atom is 0.193 e. The number of rotatable bonds is 5. The number of nitrogens with one attached hydrogen (secondary N) is 1. The summed E-state index contributed by atoms with van der Waals surface area (Å²) in [4.78, 5) is 8.94. The predicted molar refractivity (Wildman–Crippen MR) is 110 cm³/mol. The average Bonchev–Trinajstić information content (AvgIpc) is 3.00. The van der Waals surface area contributed by atoms with Gasteiger partial charge in [-0.15, -0.1) is 0 Å². The smallest absolute Gasteiger partial charge is 0.193 e. The lowest BCUT2D eigenvalue weighted by Gasteiger charge is -2.37. The number of guanidine groups is 1. The molecule has 0 spiro atoms. The summed E-state index contributed by atoms with van der Waals surface area (Å²) in [5, 5.41) is 18.0. The number of aliphatic imine (C=N–C) groups is 1. The zero-order valence-electron chi connectivity index (χ0n) is 16.5. The number of phenolic OH excluding ortho intramolecular Hbond substituents is 1. The first-order chi connectivity index (χ1) is 13.1. The summed E-state index contributed by atoms with van der Waals surface area (Å²) in [5.41, 5.74) is 3.18. The fraction of sp³-hybridized carbons (Fsp3) is 0.500. The number of para-hydroxylation sites is 2. The molecule has 1 aliphatic rings. The van der Waals surface area contributed by atoms with E-state index >= 15 is 0 Å². The molecule has 27 heavy (non-hydrogen) atoms. The average molecular weight is 371 g/mol. The van der Waals surface area contributed by atoms with E-state index in [1.54, 1.807) is 6.07 Å². The van der Waals surface area contributed by atoms with Gasteiger partial charge in [-0.1, -0.05) is 12.1 Å². The molecule has 7 nitrogen and oxygen atoms in total. The molecule has 146 valence electrons. The molecule has 1 aromatic carbocycles. The molecule has 0 amide bonds. The number of piperazine rings is 1. The number of anilines is 1. The second kappa shape index (κ2) is 8.79. The highest BCUT2D eigenvalue weighted by atomic mass is 16.3. The minimum atomic E-state index is 0.345. The standard InChI is InChI=1S/C20H30N6O/c1-16-15-17(2)26(23-16)10-6-9-22-20(21-3)25-13-11-24(12-14-25)18-7-4-5-8-19(18)27/h4-5,7-8,15,27H,6,9-14H2,1-3H3,(H,21,22). The number of hydrogen-bond acceptors (Lipinski definition) is 4. The van der Waals surface area contributed by atoms with Crippen molar-refractivity contribution < 1.29 is 5.11 Å². The lowest BCUT2D eigenvalue weighted by Crippen LogP contribution is -2.52. The molecule has 1 aliphatic heterocycles. The number of aryl methyl sites for hydroxylation is 3. The summed E-state index contributed by atoms with van der Waals surface area (Å²) in [6.07, 6.45) is 0.999. The Bertz CT molecular complexity index is 777. The molecule has 0 radical (unpaired) electrons. The third-order valence-electron chi connectivity index (χ3n) is 4.95. The maximum absolute atomic E-state index is 10.0. The highest BCUT2D eigenvalue weighted by Gasteiger charge is 2.21. The highest BCUT2D eigenvalue weighted by Crippen LogP contribution is 2.27. The van der Waals surface area contributed by atoms with Crippen LogP contribution in [-0.4, -0.2) is 65.5 Å². The van der Waals surface area contributed by atoms with E-state index in [0.29, 0.717) is 5.75 Å². The van der Waals surface area contributed by atoms with Gasteiger partial charge in [-0.2, -0.15) is 5.10 Å². The van der Waals surface area contributed by atoms with Crippen LogP contribution in [0, 0.1) is 13.8 Å². The molecular weight excluding hydrogens is 340 g/mol. The molecule has 7 heteroatoms. The maximum atomic E-state index is 10.0. The molecule has 0 saturated carbocycles. The summed E-state index contributed by atoms with van der Waals surface area (Å²) in [6.45, 7) is 9.38. The molecule has 2 N–H and O–H groups in total. The van der Waals surface area contributed by atoms with E-state index in [0.717, 1.165) is 63.0 Å². The molecule has 1 aromatic heterocycles. The number of aromatic nitrogens is 2. The summed E-state index contributed by atoms with van der Waals surface area (Å²) in [6, 6.07) is 9.63. The predicted octanol–water partition coefficient (Wildman–Crippen LogP) is 1.99. The Morgan fingerprint density at radius 2 is 1.93 bits per heavy atom. The minimum absolute atomic E-state index is 0.345. The van der Waals surface area contributed by atoms with Crippen LogP contribution in [0.15, 0.2) is 35.3 Å². The molecule has 2 aromatic rings. The fourth-order valence-corrected chi connectivity index (χ4v) is 3.55. The largest absolute Gasteiger partial charge is 0.506 e. The van der Waals surface area contributed by atoms with Crippen molar-refractivity contribution in [2.24, 2.45) is 4.99 Å². The third-order valence-corrected chi connectivity index (χ3v) is 4.95. The zero-order valence-corrected chi connectivity index (χ0v) is 16.5. The lowest BCUT2D eigenvalue weighted by atomic mass is 10.2. The first-order valence-corrected chi connectivity index (χ1v) is 9.58. The van der Waals surface area contributed by atoms with E-state index in [9.17, 15) is 5.11 Å². The SMILES string of the molecule is CN=C(NCCCn1nc(C)cc1C)N1CCN(c2ccccc2O)CC1. The number of benzene rings is 1. The molecule has 1 saturated heterocycles. The summed E-state index contributed by atoms with van der Waals surface area (Å²) in [7, 11) is 1.83. The van der Waals surface area contributed by atoms with Crippen LogP contribution in [0.3, 0.4) is 0 Å². The van der Waals surface area contributed by atoms with Crippen LogP contribution < -0.4 is 10.2 Å². The van der Waals surface area contributed by atoms with Gasteiger partial charge in [0.1, 0.15) is 5.75 Å². The van der Waals surface area contributed by atoms with Gasteiger partial charge in [-0.05, 0) is 38.5 Å². The van der Waals surface area contributed by atoms with Gasteiger partial charge in [0.05, 0.1) is 11.4 Å². The monoisotopic (exact) mass is 370 g/mol. The van der Waals surface area contributed by atoms with Crippen molar-refractivity contribution in [3.63, 3.8) is 0 Å². The lowest BCUT2D eigenvalue weighted by molar-refractivity contribution is 0.369. The van der Waals surface area contributed by atoms with Gasteiger partial charge in [0, 0.05) is 52.0 Å². The Labute approximate surface area is 161 Å². The molecule has 3 rings (SSSR count). The van der Waals surface area contributed by atoms with Crippen molar-refractivity contribution in [1.82, 2.24) is 20.0 Å². The van der Waals surface area contributed by atoms with Gasteiger partial charge < -0.3 is 20.2 Å². The third kappa shape index (κ3) is 4.72. The van der Waals surface area contributed by atoms with Gasteiger partial charge in [0.25, 0.3) is 0 Å². The number of hydrogen-bond donors (Lipinski definition) is 2. The second-order valence-electron chi connectivity index (χ2n) is 6.94. The fourth-order valence-electron chi connectivity index (χ4n) is 3.55. The van der Waals surface area contributed by atoms with Crippen molar-refractivity contribution in [1.29, 1.82) is 0 Å². The Kier molecular flexibility index (Phi) is 6.21. The van der Waals surface area contributed by atoms with E-state index in [4.69, 9.17) is 0 Å². The van der Waals surface area contributed by atoms with E-state index < -0.39 is 0 Å². The number of nitrogens with zero attached hydrogens (tertiary/aromatic N) is 5. The first kappa shape index (κ1) is 19.1.